The topological polar surface area (TPSA) is 58.5 Å². The van der Waals surface area contributed by atoms with E-state index in [1.54, 1.807) is 0 Å². The standard InChI is InChI=1S/C13H20N4/c14-12-4-3-10(8-13(12)15)17-7-6-16-5-1-2-11(16)9-17/h3-4,8,11H,1-2,5-7,9,14-15H2/t11-/m1/s1. The van der Waals surface area contributed by atoms with E-state index in [1.807, 2.05) is 12.1 Å². The quantitative estimate of drug-likeness (QED) is 0.713. The maximum atomic E-state index is 5.87. The molecule has 2 aliphatic heterocycles. The zero-order valence-electron chi connectivity index (χ0n) is 10.1. The SMILES string of the molecule is Nc1ccc(N2CCN3CCC[C@@H]3C2)cc1N. The van der Waals surface area contributed by atoms with Crippen molar-refractivity contribution in [2.45, 2.75) is 18.9 Å². The first kappa shape index (κ1) is 10.7. The Balaban J connectivity index is 1.78. The Labute approximate surface area is 102 Å². The Morgan fingerprint density at radius 3 is 2.76 bits per heavy atom. The molecule has 3 rings (SSSR count). The van der Waals surface area contributed by atoms with Crippen LogP contribution in [0, 0.1) is 0 Å². The van der Waals surface area contributed by atoms with Crippen molar-refractivity contribution >= 4 is 17.1 Å². The minimum atomic E-state index is 0.674. The molecule has 0 radical (unpaired) electrons. The average molecular weight is 232 g/mol. The molecule has 0 spiro atoms. The van der Waals surface area contributed by atoms with Crippen LogP contribution in [0.2, 0.25) is 0 Å². The van der Waals surface area contributed by atoms with Gasteiger partial charge in [-0.1, -0.05) is 0 Å². The molecule has 17 heavy (non-hydrogen) atoms. The van der Waals surface area contributed by atoms with Crippen molar-refractivity contribution < 1.29 is 0 Å². The van der Waals surface area contributed by atoms with Gasteiger partial charge in [0.2, 0.25) is 0 Å². The molecule has 2 saturated heterocycles. The second-order valence-electron chi connectivity index (χ2n) is 5.09. The van der Waals surface area contributed by atoms with Gasteiger partial charge < -0.3 is 16.4 Å². The number of anilines is 3. The van der Waals surface area contributed by atoms with Crippen LogP contribution in [0.25, 0.3) is 0 Å². The van der Waals surface area contributed by atoms with E-state index in [1.165, 1.54) is 31.6 Å². The van der Waals surface area contributed by atoms with Crippen LogP contribution in [0.4, 0.5) is 17.1 Å². The predicted octanol–water partition coefficient (Wildman–Crippen LogP) is 1.14. The number of nitrogen functional groups attached to an aromatic ring is 2. The summed E-state index contributed by atoms with van der Waals surface area (Å²) in [6.45, 7) is 4.68. The molecule has 0 saturated carbocycles. The van der Waals surface area contributed by atoms with E-state index < -0.39 is 0 Å². The second-order valence-corrected chi connectivity index (χ2v) is 5.09. The van der Waals surface area contributed by atoms with Crippen molar-refractivity contribution in [2.75, 3.05) is 42.5 Å². The fraction of sp³-hybridized carbons (Fsp3) is 0.538. The lowest BCUT2D eigenvalue weighted by molar-refractivity contribution is 0.231. The molecule has 4 nitrogen and oxygen atoms in total. The van der Waals surface area contributed by atoms with E-state index in [-0.39, 0.29) is 0 Å². The molecule has 1 aromatic rings. The zero-order chi connectivity index (χ0) is 11.8. The molecule has 4 N–H and O–H groups in total. The summed E-state index contributed by atoms with van der Waals surface area (Å²) in [6.07, 6.45) is 2.68. The van der Waals surface area contributed by atoms with Crippen LogP contribution < -0.4 is 16.4 Å². The van der Waals surface area contributed by atoms with E-state index in [0.717, 1.165) is 19.1 Å². The van der Waals surface area contributed by atoms with Crippen molar-refractivity contribution in [3.05, 3.63) is 18.2 Å². The van der Waals surface area contributed by atoms with Gasteiger partial charge >= 0.3 is 0 Å². The van der Waals surface area contributed by atoms with Crippen molar-refractivity contribution in [3.63, 3.8) is 0 Å². The van der Waals surface area contributed by atoms with Gasteiger partial charge in [0.1, 0.15) is 0 Å². The molecule has 0 aliphatic carbocycles. The van der Waals surface area contributed by atoms with Gasteiger partial charge in [0.05, 0.1) is 11.4 Å². The Kier molecular flexibility index (Phi) is 2.59. The molecule has 1 atom stereocenters. The van der Waals surface area contributed by atoms with Gasteiger partial charge in [0.25, 0.3) is 0 Å². The van der Waals surface area contributed by atoms with Crippen molar-refractivity contribution in [2.24, 2.45) is 0 Å². The minimum absolute atomic E-state index is 0.674. The second kappa shape index (κ2) is 4.11. The highest BCUT2D eigenvalue weighted by molar-refractivity contribution is 5.70. The van der Waals surface area contributed by atoms with Crippen molar-refractivity contribution in [1.82, 2.24) is 4.90 Å². The highest BCUT2D eigenvalue weighted by Gasteiger charge is 2.30. The maximum absolute atomic E-state index is 5.87. The van der Waals surface area contributed by atoms with Crippen LogP contribution >= 0.6 is 0 Å². The van der Waals surface area contributed by atoms with E-state index in [4.69, 9.17) is 11.5 Å². The van der Waals surface area contributed by atoms with Gasteiger partial charge in [-0.3, -0.25) is 4.90 Å². The lowest BCUT2D eigenvalue weighted by atomic mass is 10.1. The molecular weight excluding hydrogens is 212 g/mol. The largest absolute Gasteiger partial charge is 0.397 e. The fourth-order valence-corrected chi connectivity index (χ4v) is 2.98. The van der Waals surface area contributed by atoms with Gasteiger partial charge in [-0.15, -0.1) is 0 Å². The number of benzene rings is 1. The third kappa shape index (κ3) is 1.93. The molecule has 2 aliphatic rings. The summed E-state index contributed by atoms with van der Waals surface area (Å²) in [4.78, 5) is 5.04. The van der Waals surface area contributed by atoms with Crippen LogP contribution in [-0.4, -0.2) is 37.1 Å². The number of piperazine rings is 1. The monoisotopic (exact) mass is 232 g/mol. The lowest BCUT2D eigenvalue weighted by Gasteiger charge is -2.39. The molecule has 4 heteroatoms. The Bertz CT molecular complexity index is 418. The Morgan fingerprint density at radius 1 is 1.06 bits per heavy atom. The maximum Gasteiger partial charge on any atom is 0.0568 e. The van der Waals surface area contributed by atoms with Crippen molar-refractivity contribution in [3.8, 4) is 0 Å². The summed E-state index contributed by atoms with van der Waals surface area (Å²) >= 11 is 0. The molecular formula is C13H20N4. The Morgan fingerprint density at radius 2 is 1.94 bits per heavy atom. The summed E-state index contributed by atoms with van der Waals surface area (Å²) in [6, 6.07) is 6.73. The molecule has 2 fully saturated rings. The number of nitrogens with two attached hydrogens (primary N) is 2. The number of nitrogens with zero attached hydrogens (tertiary/aromatic N) is 2. The minimum Gasteiger partial charge on any atom is -0.397 e. The summed E-state index contributed by atoms with van der Waals surface area (Å²) in [5.74, 6) is 0. The first-order valence-corrected chi connectivity index (χ1v) is 6.38. The predicted molar refractivity (Wildman–Crippen MR) is 72.1 cm³/mol. The highest BCUT2D eigenvalue weighted by Crippen LogP contribution is 2.28. The molecule has 0 amide bonds. The van der Waals surface area contributed by atoms with E-state index in [9.17, 15) is 0 Å². The van der Waals surface area contributed by atoms with Gasteiger partial charge in [-0.2, -0.15) is 0 Å². The van der Waals surface area contributed by atoms with Crippen LogP contribution in [-0.2, 0) is 0 Å². The van der Waals surface area contributed by atoms with Gasteiger partial charge in [-0.25, -0.2) is 0 Å². The van der Waals surface area contributed by atoms with Gasteiger partial charge in [-0.05, 0) is 37.6 Å². The van der Waals surface area contributed by atoms with Crippen molar-refractivity contribution in [1.29, 1.82) is 0 Å². The molecule has 1 aromatic carbocycles. The summed E-state index contributed by atoms with van der Waals surface area (Å²) in [5.41, 5.74) is 14.2. The van der Waals surface area contributed by atoms with E-state index in [0.29, 0.717) is 11.4 Å². The molecule has 0 bridgehead atoms. The summed E-state index contributed by atoms with van der Waals surface area (Å²) < 4.78 is 0. The average Bonchev–Trinajstić information content (AvgIpc) is 2.79. The molecule has 0 unspecified atom stereocenters. The van der Waals surface area contributed by atoms with Crippen LogP contribution in [0.3, 0.4) is 0 Å². The normalized spacial score (nSPS) is 24.9. The van der Waals surface area contributed by atoms with E-state index in [2.05, 4.69) is 15.9 Å². The Hall–Kier alpha value is -1.42. The third-order valence-electron chi connectivity index (χ3n) is 4.02. The third-order valence-corrected chi connectivity index (χ3v) is 4.02. The highest BCUT2D eigenvalue weighted by atomic mass is 15.3. The van der Waals surface area contributed by atoms with E-state index >= 15 is 0 Å². The molecule has 2 heterocycles. The summed E-state index contributed by atoms with van der Waals surface area (Å²) in [7, 11) is 0. The molecule has 92 valence electrons. The number of hydrogen-bond donors (Lipinski definition) is 2. The number of hydrogen-bond acceptors (Lipinski definition) is 4. The first-order valence-electron chi connectivity index (χ1n) is 6.38. The number of fused-ring (bicyclic) bond motifs is 1. The number of rotatable bonds is 1. The fourth-order valence-electron chi connectivity index (χ4n) is 2.98. The van der Waals surface area contributed by atoms with Gasteiger partial charge in [0.15, 0.2) is 0 Å². The van der Waals surface area contributed by atoms with Crippen LogP contribution in [0.5, 0.6) is 0 Å². The summed E-state index contributed by atoms with van der Waals surface area (Å²) in [5, 5.41) is 0. The van der Waals surface area contributed by atoms with Crippen LogP contribution in [0.1, 0.15) is 12.8 Å². The zero-order valence-corrected chi connectivity index (χ0v) is 10.1. The smallest absolute Gasteiger partial charge is 0.0568 e. The molecule has 0 aromatic heterocycles. The first-order chi connectivity index (χ1) is 8.24. The van der Waals surface area contributed by atoms with Gasteiger partial charge in [0, 0.05) is 31.4 Å². The lowest BCUT2D eigenvalue weighted by Crippen LogP contribution is -2.50. The van der Waals surface area contributed by atoms with Crippen LogP contribution in [0.15, 0.2) is 18.2 Å².